The van der Waals surface area contributed by atoms with Crippen LogP contribution < -0.4 is 0 Å². The number of fused-ring (bicyclic) bond motifs is 1. The summed E-state index contributed by atoms with van der Waals surface area (Å²) in [6.07, 6.45) is 0. The molecule has 1 nitrogen and oxygen atoms in total. The van der Waals surface area contributed by atoms with E-state index in [4.69, 9.17) is 0 Å². The van der Waals surface area contributed by atoms with Gasteiger partial charge in [-0.2, -0.15) is 0 Å². The van der Waals surface area contributed by atoms with Crippen LogP contribution in [0, 0.1) is 6.92 Å². The van der Waals surface area contributed by atoms with Gasteiger partial charge in [0.15, 0.2) is 0 Å². The third-order valence-electron chi connectivity index (χ3n) is 4.82. The second-order valence-corrected chi connectivity index (χ2v) is 6.60. The first kappa shape index (κ1) is 16.2. The van der Waals surface area contributed by atoms with Gasteiger partial charge in [0.05, 0.1) is 0 Å². The molecule has 0 fully saturated rings. The highest BCUT2D eigenvalue weighted by molar-refractivity contribution is 5.98. The van der Waals surface area contributed by atoms with E-state index in [-0.39, 0.29) is 5.75 Å². The Labute approximate surface area is 153 Å². The van der Waals surface area contributed by atoms with Crippen molar-refractivity contribution in [2.75, 3.05) is 0 Å². The lowest BCUT2D eigenvalue weighted by Crippen LogP contribution is -1.89. The van der Waals surface area contributed by atoms with Gasteiger partial charge >= 0.3 is 0 Å². The van der Waals surface area contributed by atoms with Gasteiger partial charge in [0, 0.05) is 5.56 Å². The van der Waals surface area contributed by atoms with Gasteiger partial charge in [0.2, 0.25) is 0 Å². The minimum absolute atomic E-state index is 0.279. The molecular weight excluding hydrogens is 316 g/mol. The standard InChI is InChI=1S/C25H20O/c1-17-10-12-19(13-11-17)18(2)21-14-15-25(26)24(16-21)23-9-5-7-20-6-3-4-8-22(20)23/h3-16,26H,2H2,1H3. The van der Waals surface area contributed by atoms with Crippen molar-refractivity contribution in [1.29, 1.82) is 0 Å². The molecule has 0 radical (unpaired) electrons. The predicted molar refractivity (Wildman–Crippen MR) is 110 cm³/mol. The first-order chi connectivity index (χ1) is 12.6. The smallest absolute Gasteiger partial charge is 0.123 e. The maximum Gasteiger partial charge on any atom is 0.123 e. The number of phenolic OH excluding ortho intramolecular Hbond substituents is 1. The Hall–Kier alpha value is -3.32. The highest BCUT2D eigenvalue weighted by atomic mass is 16.3. The van der Waals surface area contributed by atoms with E-state index in [1.807, 2.05) is 30.3 Å². The molecular formula is C25H20O. The van der Waals surface area contributed by atoms with Crippen molar-refractivity contribution < 1.29 is 5.11 Å². The molecule has 0 unspecified atom stereocenters. The molecule has 0 saturated heterocycles. The topological polar surface area (TPSA) is 20.2 Å². The predicted octanol–water partition coefficient (Wildman–Crippen LogP) is 6.58. The summed E-state index contributed by atoms with van der Waals surface area (Å²) in [5.41, 5.74) is 6.13. The Morgan fingerprint density at radius 1 is 0.731 bits per heavy atom. The molecule has 4 aromatic carbocycles. The zero-order valence-corrected chi connectivity index (χ0v) is 14.7. The van der Waals surface area contributed by atoms with Crippen LogP contribution in [0.25, 0.3) is 27.5 Å². The first-order valence-corrected chi connectivity index (χ1v) is 8.71. The minimum Gasteiger partial charge on any atom is -0.507 e. The summed E-state index contributed by atoms with van der Waals surface area (Å²) >= 11 is 0. The van der Waals surface area contributed by atoms with E-state index < -0.39 is 0 Å². The van der Waals surface area contributed by atoms with Crippen LogP contribution in [0.2, 0.25) is 0 Å². The second kappa shape index (κ2) is 6.53. The average Bonchev–Trinajstić information content (AvgIpc) is 2.68. The van der Waals surface area contributed by atoms with Crippen molar-refractivity contribution in [3.63, 3.8) is 0 Å². The third kappa shape index (κ3) is 2.89. The van der Waals surface area contributed by atoms with Gasteiger partial charge in [-0.1, -0.05) is 84.9 Å². The number of benzene rings is 4. The molecule has 0 amide bonds. The molecule has 126 valence electrons. The van der Waals surface area contributed by atoms with E-state index in [1.54, 1.807) is 6.07 Å². The zero-order chi connectivity index (χ0) is 18.1. The van der Waals surface area contributed by atoms with E-state index in [2.05, 4.69) is 62.0 Å². The van der Waals surface area contributed by atoms with Crippen molar-refractivity contribution >= 4 is 16.3 Å². The Kier molecular flexibility index (Phi) is 4.06. The summed E-state index contributed by atoms with van der Waals surface area (Å²) in [7, 11) is 0. The Bertz CT molecular complexity index is 1100. The summed E-state index contributed by atoms with van der Waals surface area (Å²) in [6.45, 7) is 6.35. The molecule has 4 rings (SSSR count). The molecule has 0 aliphatic heterocycles. The highest BCUT2D eigenvalue weighted by Gasteiger charge is 2.11. The average molecular weight is 336 g/mol. The SMILES string of the molecule is C=C(c1ccc(C)cc1)c1ccc(O)c(-c2cccc3ccccc23)c1. The Morgan fingerprint density at radius 2 is 1.42 bits per heavy atom. The fraction of sp³-hybridized carbons (Fsp3) is 0.0400. The molecule has 26 heavy (non-hydrogen) atoms. The van der Waals surface area contributed by atoms with Gasteiger partial charge in [0.25, 0.3) is 0 Å². The van der Waals surface area contributed by atoms with Gasteiger partial charge < -0.3 is 5.11 Å². The van der Waals surface area contributed by atoms with Crippen LogP contribution >= 0.6 is 0 Å². The Morgan fingerprint density at radius 3 is 2.23 bits per heavy atom. The van der Waals surface area contributed by atoms with Crippen LogP contribution in [0.5, 0.6) is 5.75 Å². The van der Waals surface area contributed by atoms with Gasteiger partial charge in [-0.05, 0) is 52.1 Å². The van der Waals surface area contributed by atoms with Gasteiger partial charge in [0.1, 0.15) is 5.75 Å². The van der Waals surface area contributed by atoms with E-state index in [1.165, 1.54) is 5.56 Å². The number of rotatable bonds is 3. The highest BCUT2D eigenvalue weighted by Crippen LogP contribution is 2.37. The van der Waals surface area contributed by atoms with Crippen molar-refractivity contribution in [1.82, 2.24) is 0 Å². The van der Waals surface area contributed by atoms with Crippen LogP contribution in [0.1, 0.15) is 16.7 Å². The van der Waals surface area contributed by atoms with Gasteiger partial charge in [-0.25, -0.2) is 0 Å². The minimum atomic E-state index is 0.279. The largest absolute Gasteiger partial charge is 0.507 e. The maximum absolute atomic E-state index is 10.5. The molecule has 0 heterocycles. The fourth-order valence-corrected chi connectivity index (χ4v) is 3.32. The number of aromatic hydroxyl groups is 1. The van der Waals surface area contributed by atoms with Gasteiger partial charge in [-0.3, -0.25) is 0 Å². The molecule has 0 bridgehead atoms. The first-order valence-electron chi connectivity index (χ1n) is 8.71. The van der Waals surface area contributed by atoms with Crippen molar-refractivity contribution in [2.45, 2.75) is 6.92 Å². The van der Waals surface area contributed by atoms with E-state index >= 15 is 0 Å². The molecule has 0 aliphatic carbocycles. The lowest BCUT2D eigenvalue weighted by molar-refractivity contribution is 0.477. The molecule has 1 N–H and O–H groups in total. The van der Waals surface area contributed by atoms with Crippen LogP contribution in [0.15, 0.2) is 91.5 Å². The Balaban J connectivity index is 1.84. The summed E-state index contributed by atoms with van der Waals surface area (Å²) in [4.78, 5) is 0. The van der Waals surface area contributed by atoms with Crippen LogP contribution in [-0.4, -0.2) is 5.11 Å². The fourth-order valence-electron chi connectivity index (χ4n) is 3.32. The molecule has 0 atom stereocenters. The normalized spacial score (nSPS) is 10.8. The van der Waals surface area contributed by atoms with Gasteiger partial charge in [-0.15, -0.1) is 0 Å². The summed E-state index contributed by atoms with van der Waals surface area (Å²) in [6, 6.07) is 28.5. The second-order valence-electron chi connectivity index (χ2n) is 6.60. The number of aryl methyl sites for hydroxylation is 1. The molecule has 0 aliphatic rings. The zero-order valence-electron chi connectivity index (χ0n) is 14.7. The summed E-state index contributed by atoms with van der Waals surface area (Å²) in [5.74, 6) is 0.279. The van der Waals surface area contributed by atoms with Crippen LogP contribution in [0.4, 0.5) is 0 Å². The summed E-state index contributed by atoms with van der Waals surface area (Å²) in [5, 5.41) is 12.8. The number of hydrogen-bond donors (Lipinski definition) is 1. The third-order valence-corrected chi connectivity index (χ3v) is 4.82. The molecule has 1 heteroatoms. The lowest BCUT2D eigenvalue weighted by atomic mass is 9.92. The monoisotopic (exact) mass is 336 g/mol. The van der Waals surface area contributed by atoms with Crippen molar-refractivity contribution in [2.24, 2.45) is 0 Å². The lowest BCUT2D eigenvalue weighted by Gasteiger charge is -2.13. The van der Waals surface area contributed by atoms with E-state index in [9.17, 15) is 5.11 Å². The summed E-state index contributed by atoms with van der Waals surface area (Å²) < 4.78 is 0. The van der Waals surface area contributed by atoms with Crippen LogP contribution in [-0.2, 0) is 0 Å². The van der Waals surface area contributed by atoms with Crippen LogP contribution in [0.3, 0.4) is 0 Å². The molecule has 0 spiro atoms. The number of hydrogen-bond acceptors (Lipinski definition) is 1. The molecule has 0 aromatic heterocycles. The van der Waals surface area contributed by atoms with Crippen molar-refractivity contribution in [3.8, 4) is 16.9 Å². The molecule has 0 saturated carbocycles. The number of phenols is 1. The van der Waals surface area contributed by atoms with E-state index in [0.29, 0.717) is 0 Å². The van der Waals surface area contributed by atoms with Crippen molar-refractivity contribution in [3.05, 3.63) is 108 Å². The maximum atomic E-state index is 10.5. The molecule has 4 aromatic rings. The quantitative estimate of drug-likeness (QED) is 0.448. The van der Waals surface area contributed by atoms with E-state index in [0.717, 1.165) is 38.6 Å².